The molecule has 20 heavy (non-hydrogen) atoms. The first kappa shape index (κ1) is 14.2. The van der Waals surface area contributed by atoms with Crippen LogP contribution < -0.4 is 0 Å². The second-order valence-corrected chi connectivity index (χ2v) is 8.04. The lowest BCUT2D eigenvalue weighted by atomic mass is 9.68. The molecule has 2 nitrogen and oxygen atoms in total. The van der Waals surface area contributed by atoms with Gasteiger partial charge < -0.3 is 4.74 Å². The van der Waals surface area contributed by atoms with Gasteiger partial charge in [0.2, 0.25) is 0 Å². The summed E-state index contributed by atoms with van der Waals surface area (Å²) in [7, 11) is 0. The lowest BCUT2D eigenvalue weighted by molar-refractivity contribution is -0.139. The smallest absolute Gasteiger partial charge is 0.302 e. The van der Waals surface area contributed by atoms with Gasteiger partial charge in [0.15, 0.2) is 0 Å². The van der Waals surface area contributed by atoms with Gasteiger partial charge in [-0.1, -0.05) is 32.8 Å². The Hall–Kier alpha value is -0.790. The van der Waals surface area contributed by atoms with Crippen molar-refractivity contribution in [3.63, 3.8) is 0 Å². The number of ether oxygens (including phenoxy) is 1. The number of hydrogen-bond acceptors (Lipinski definition) is 2. The minimum absolute atomic E-state index is 0.171. The van der Waals surface area contributed by atoms with Crippen molar-refractivity contribution in [2.75, 3.05) is 6.61 Å². The van der Waals surface area contributed by atoms with Gasteiger partial charge in [-0.15, -0.1) is 0 Å². The molecule has 2 heteroatoms. The van der Waals surface area contributed by atoms with Gasteiger partial charge in [-0.05, 0) is 60.3 Å². The second-order valence-electron chi connectivity index (χ2n) is 8.04. The zero-order valence-corrected chi connectivity index (χ0v) is 13.4. The van der Waals surface area contributed by atoms with Crippen LogP contribution in [0.15, 0.2) is 11.6 Å². The summed E-state index contributed by atoms with van der Waals surface area (Å²) < 4.78 is 5.17. The molecule has 3 aliphatic rings. The standard InChI is InChI=1S/C18H28O2/c1-12(19)20-11-8-14-13-6-7-15-16(13)17(2,3)9-5-10-18(14,15)4/h8,13,15-16H,5-7,9-11H2,1-4H3. The fourth-order valence-corrected chi connectivity index (χ4v) is 5.83. The van der Waals surface area contributed by atoms with Gasteiger partial charge in [-0.25, -0.2) is 0 Å². The molecule has 4 bridgehead atoms. The molecule has 4 unspecified atom stereocenters. The van der Waals surface area contributed by atoms with E-state index in [0.717, 1.165) is 17.8 Å². The first-order valence-electron chi connectivity index (χ1n) is 8.20. The molecule has 0 heterocycles. The number of rotatable bonds is 2. The first-order chi connectivity index (χ1) is 9.36. The Bertz CT molecular complexity index is 448. The van der Waals surface area contributed by atoms with Crippen molar-refractivity contribution in [2.45, 2.75) is 59.8 Å². The zero-order valence-electron chi connectivity index (χ0n) is 13.4. The lowest BCUT2D eigenvalue weighted by Crippen LogP contribution is -2.28. The number of carbonyl (C=O) groups excluding carboxylic acids is 1. The predicted molar refractivity (Wildman–Crippen MR) is 80.2 cm³/mol. The average molecular weight is 276 g/mol. The van der Waals surface area contributed by atoms with E-state index in [0.29, 0.717) is 17.4 Å². The van der Waals surface area contributed by atoms with Gasteiger partial charge in [-0.2, -0.15) is 0 Å². The van der Waals surface area contributed by atoms with E-state index in [1.807, 2.05) is 0 Å². The Morgan fingerprint density at radius 2 is 2.05 bits per heavy atom. The van der Waals surface area contributed by atoms with Crippen LogP contribution >= 0.6 is 0 Å². The first-order valence-corrected chi connectivity index (χ1v) is 8.20. The minimum atomic E-state index is -0.171. The van der Waals surface area contributed by atoms with Crippen LogP contribution in [-0.4, -0.2) is 12.6 Å². The summed E-state index contributed by atoms with van der Waals surface area (Å²) >= 11 is 0. The molecule has 4 atom stereocenters. The average Bonchev–Trinajstić information content (AvgIpc) is 2.83. The van der Waals surface area contributed by atoms with E-state index in [1.54, 1.807) is 5.57 Å². The molecular weight excluding hydrogens is 248 g/mol. The maximum atomic E-state index is 11.0. The largest absolute Gasteiger partial charge is 0.462 e. The quantitative estimate of drug-likeness (QED) is 0.553. The Kier molecular flexibility index (Phi) is 3.26. The molecule has 0 amide bonds. The number of carbonyl (C=O) groups is 1. The van der Waals surface area contributed by atoms with Gasteiger partial charge in [0.25, 0.3) is 0 Å². The van der Waals surface area contributed by atoms with Crippen LogP contribution in [-0.2, 0) is 9.53 Å². The molecule has 0 radical (unpaired) electrons. The molecule has 0 N–H and O–H groups in total. The molecular formula is C18H28O2. The third kappa shape index (κ3) is 1.95. The van der Waals surface area contributed by atoms with E-state index in [-0.39, 0.29) is 5.97 Å². The van der Waals surface area contributed by atoms with Crippen molar-refractivity contribution in [3.8, 4) is 0 Å². The molecule has 0 aromatic rings. The summed E-state index contributed by atoms with van der Waals surface area (Å²) in [6.45, 7) is 9.39. The maximum absolute atomic E-state index is 11.0. The van der Waals surface area contributed by atoms with Crippen molar-refractivity contribution < 1.29 is 9.53 Å². The van der Waals surface area contributed by atoms with E-state index in [9.17, 15) is 4.79 Å². The highest BCUT2D eigenvalue weighted by atomic mass is 16.5. The summed E-state index contributed by atoms with van der Waals surface area (Å²) in [4.78, 5) is 11.0. The van der Waals surface area contributed by atoms with Gasteiger partial charge in [0.05, 0.1) is 0 Å². The molecule has 0 spiro atoms. The molecule has 3 aliphatic carbocycles. The third-order valence-corrected chi connectivity index (χ3v) is 6.54. The van der Waals surface area contributed by atoms with E-state index in [1.165, 1.54) is 39.0 Å². The molecule has 0 aliphatic heterocycles. The molecule has 112 valence electrons. The highest BCUT2D eigenvalue weighted by Gasteiger charge is 2.62. The van der Waals surface area contributed by atoms with Crippen molar-refractivity contribution in [1.29, 1.82) is 0 Å². The molecule has 0 aromatic heterocycles. The number of esters is 1. The summed E-state index contributed by atoms with van der Waals surface area (Å²) in [6, 6.07) is 0. The van der Waals surface area contributed by atoms with Crippen LogP contribution in [0.3, 0.4) is 0 Å². The molecule has 3 saturated carbocycles. The summed E-state index contributed by atoms with van der Waals surface area (Å²) in [5.74, 6) is 2.28. The Morgan fingerprint density at radius 1 is 1.30 bits per heavy atom. The van der Waals surface area contributed by atoms with E-state index >= 15 is 0 Å². The third-order valence-electron chi connectivity index (χ3n) is 6.54. The highest BCUT2D eigenvalue weighted by molar-refractivity contribution is 5.66. The Labute approximate surface area is 123 Å². The van der Waals surface area contributed by atoms with Crippen molar-refractivity contribution in [3.05, 3.63) is 11.6 Å². The summed E-state index contributed by atoms with van der Waals surface area (Å²) in [5.41, 5.74) is 2.47. The Balaban J connectivity index is 1.92. The van der Waals surface area contributed by atoms with Gasteiger partial charge in [0.1, 0.15) is 6.61 Å². The van der Waals surface area contributed by atoms with E-state index < -0.39 is 0 Å². The molecule has 3 fully saturated rings. The van der Waals surface area contributed by atoms with E-state index in [2.05, 4.69) is 26.8 Å². The van der Waals surface area contributed by atoms with E-state index in [4.69, 9.17) is 4.74 Å². The fraction of sp³-hybridized carbons (Fsp3) is 0.833. The monoisotopic (exact) mass is 276 g/mol. The molecule has 0 saturated heterocycles. The number of hydrogen-bond donors (Lipinski definition) is 0. The highest BCUT2D eigenvalue weighted by Crippen LogP contribution is 2.70. The Morgan fingerprint density at radius 3 is 2.75 bits per heavy atom. The summed E-state index contributed by atoms with van der Waals surface area (Å²) in [5, 5.41) is 0. The van der Waals surface area contributed by atoms with Crippen LogP contribution in [0.1, 0.15) is 59.8 Å². The minimum Gasteiger partial charge on any atom is -0.462 e. The van der Waals surface area contributed by atoms with Crippen molar-refractivity contribution >= 4 is 5.97 Å². The number of allylic oxidation sites excluding steroid dienone is 1. The van der Waals surface area contributed by atoms with Crippen LogP contribution in [0.25, 0.3) is 0 Å². The van der Waals surface area contributed by atoms with Crippen LogP contribution in [0.4, 0.5) is 0 Å². The van der Waals surface area contributed by atoms with Crippen molar-refractivity contribution in [2.24, 2.45) is 28.6 Å². The lowest BCUT2D eigenvalue weighted by Gasteiger charge is -2.36. The van der Waals surface area contributed by atoms with Gasteiger partial charge in [0, 0.05) is 6.92 Å². The zero-order chi connectivity index (χ0) is 14.5. The van der Waals surface area contributed by atoms with Crippen molar-refractivity contribution in [1.82, 2.24) is 0 Å². The topological polar surface area (TPSA) is 26.3 Å². The van der Waals surface area contributed by atoms with Gasteiger partial charge >= 0.3 is 5.97 Å². The van der Waals surface area contributed by atoms with Crippen LogP contribution in [0, 0.1) is 28.6 Å². The second kappa shape index (κ2) is 4.61. The normalized spacial score (nSPS) is 43.6. The van der Waals surface area contributed by atoms with Crippen LogP contribution in [0.5, 0.6) is 0 Å². The van der Waals surface area contributed by atoms with Gasteiger partial charge in [-0.3, -0.25) is 4.79 Å². The maximum Gasteiger partial charge on any atom is 0.302 e. The molecule has 0 aromatic carbocycles. The fourth-order valence-electron chi connectivity index (χ4n) is 5.83. The van der Waals surface area contributed by atoms with Crippen LogP contribution in [0.2, 0.25) is 0 Å². The summed E-state index contributed by atoms with van der Waals surface area (Å²) in [6.07, 6.45) is 9.03. The SMILES string of the molecule is CC(=O)OCC=C1C2CCC3C2C(C)(C)CCCC13C. The predicted octanol–water partition coefficient (Wildman–Crippen LogP) is 4.35. The molecule has 3 rings (SSSR count).